The van der Waals surface area contributed by atoms with E-state index in [0.29, 0.717) is 24.8 Å². The molecular weight excluding hydrogens is 432 g/mol. The second-order valence-electron chi connectivity index (χ2n) is 9.23. The minimum atomic E-state index is -0.841. The van der Waals surface area contributed by atoms with Gasteiger partial charge in [-0.1, -0.05) is 12.7 Å². The fraction of sp³-hybridized carbons (Fsp3) is 0.667. The van der Waals surface area contributed by atoms with E-state index in [1.807, 2.05) is 6.92 Å². The summed E-state index contributed by atoms with van der Waals surface area (Å²) in [7, 11) is 0. The molecule has 3 aliphatic rings. The van der Waals surface area contributed by atoms with Crippen LogP contribution in [-0.2, 0) is 42.9 Å². The van der Waals surface area contributed by atoms with Crippen LogP contribution in [0.25, 0.3) is 0 Å². The third-order valence-electron chi connectivity index (χ3n) is 6.71. The first-order chi connectivity index (χ1) is 15.5. The molecule has 7 unspecified atom stereocenters. The Morgan fingerprint density at radius 2 is 1.82 bits per heavy atom. The molecule has 3 heterocycles. The number of carbonyl (C=O) groups excluding carboxylic acids is 4. The van der Waals surface area contributed by atoms with Gasteiger partial charge in [-0.05, 0) is 33.6 Å². The van der Waals surface area contributed by atoms with Crippen molar-refractivity contribution in [3.8, 4) is 0 Å². The van der Waals surface area contributed by atoms with Crippen LogP contribution in [0.5, 0.6) is 0 Å². The van der Waals surface area contributed by atoms with E-state index in [0.717, 1.165) is 0 Å². The summed E-state index contributed by atoms with van der Waals surface area (Å²) in [6, 6.07) is 0. The van der Waals surface area contributed by atoms with Gasteiger partial charge in [0, 0.05) is 31.4 Å². The molecule has 182 valence electrons. The summed E-state index contributed by atoms with van der Waals surface area (Å²) in [6.45, 7) is 11.7. The molecule has 0 radical (unpaired) electrons. The zero-order valence-corrected chi connectivity index (χ0v) is 19.8. The molecule has 9 nitrogen and oxygen atoms in total. The molecule has 0 saturated carbocycles. The van der Waals surface area contributed by atoms with E-state index in [1.54, 1.807) is 19.9 Å². The van der Waals surface area contributed by atoms with Crippen molar-refractivity contribution in [1.29, 1.82) is 0 Å². The molecule has 3 fully saturated rings. The zero-order valence-electron chi connectivity index (χ0n) is 19.8. The van der Waals surface area contributed by atoms with Crippen molar-refractivity contribution in [1.82, 2.24) is 0 Å². The quantitative estimate of drug-likeness (QED) is 0.344. The van der Waals surface area contributed by atoms with Crippen LogP contribution in [0.1, 0.15) is 53.9 Å². The first kappa shape index (κ1) is 25.0. The van der Waals surface area contributed by atoms with Crippen LogP contribution in [0.3, 0.4) is 0 Å². The van der Waals surface area contributed by atoms with Crippen molar-refractivity contribution < 1.29 is 42.9 Å². The molecule has 0 aromatic carbocycles. The number of ether oxygens (including phenoxy) is 5. The monoisotopic (exact) mass is 464 g/mol. The average Bonchev–Trinajstić information content (AvgIpc) is 2.88. The summed E-state index contributed by atoms with van der Waals surface area (Å²) in [4.78, 5) is 48.5. The van der Waals surface area contributed by atoms with Crippen molar-refractivity contribution in [2.75, 3.05) is 6.61 Å². The lowest BCUT2D eigenvalue weighted by Crippen LogP contribution is -2.48. The molecule has 0 aromatic rings. The zero-order chi connectivity index (χ0) is 24.5. The maximum atomic E-state index is 12.6. The summed E-state index contributed by atoms with van der Waals surface area (Å²) in [5, 5.41) is 0. The van der Waals surface area contributed by atoms with Crippen molar-refractivity contribution in [2.24, 2.45) is 11.8 Å². The van der Waals surface area contributed by atoms with Crippen LogP contribution in [0.2, 0.25) is 0 Å². The molecule has 0 N–H and O–H groups in total. The molecule has 0 aliphatic carbocycles. The van der Waals surface area contributed by atoms with E-state index in [9.17, 15) is 19.2 Å². The van der Waals surface area contributed by atoms with E-state index < -0.39 is 65.7 Å². The number of esters is 4. The fourth-order valence-corrected chi connectivity index (χ4v) is 4.91. The van der Waals surface area contributed by atoms with E-state index in [2.05, 4.69) is 6.58 Å². The third-order valence-corrected chi connectivity index (χ3v) is 6.71. The predicted octanol–water partition coefficient (Wildman–Crippen LogP) is 2.41. The molecule has 3 saturated heterocycles. The van der Waals surface area contributed by atoms with Crippen LogP contribution in [0, 0.1) is 11.8 Å². The van der Waals surface area contributed by atoms with Gasteiger partial charge in [-0.15, -0.1) is 0 Å². The normalized spacial score (nSPS) is 36.1. The van der Waals surface area contributed by atoms with Crippen LogP contribution in [0.15, 0.2) is 23.8 Å². The number of allylic oxidation sites excluding steroid dienone is 1. The van der Waals surface area contributed by atoms with Gasteiger partial charge in [0.25, 0.3) is 0 Å². The largest absolute Gasteiger partial charge is 0.465 e. The highest BCUT2D eigenvalue weighted by Crippen LogP contribution is 2.48. The van der Waals surface area contributed by atoms with E-state index in [-0.39, 0.29) is 12.2 Å². The van der Waals surface area contributed by atoms with E-state index >= 15 is 0 Å². The Balaban J connectivity index is 2.03. The summed E-state index contributed by atoms with van der Waals surface area (Å²) in [6.07, 6.45) is -0.0167. The Kier molecular flexibility index (Phi) is 7.31. The second-order valence-corrected chi connectivity index (χ2v) is 9.23. The van der Waals surface area contributed by atoms with Gasteiger partial charge < -0.3 is 23.7 Å². The van der Waals surface area contributed by atoms with E-state index in [1.165, 1.54) is 13.8 Å². The van der Waals surface area contributed by atoms with Gasteiger partial charge in [0.2, 0.25) is 0 Å². The molecular formula is C24H32O9. The number of hydrogen-bond donors (Lipinski definition) is 0. The molecule has 0 aromatic heterocycles. The van der Waals surface area contributed by atoms with Crippen LogP contribution in [-0.4, -0.2) is 60.5 Å². The Bertz CT molecular complexity index is 875. The smallest absolute Gasteiger partial charge is 0.334 e. The molecule has 7 atom stereocenters. The minimum absolute atomic E-state index is 0.0800. The SMILES string of the molecule is C=C1C(=O)OC2C3OC(C)(CCC(OC(C)=O)C3COC(C)=O)CC(OC(=O)C(C)=CC)C12. The van der Waals surface area contributed by atoms with Crippen molar-refractivity contribution in [3.63, 3.8) is 0 Å². The first-order valence-electron chi connectivity index (χ1n) is 11.2. The van der Waals surface area contributed by atoms with Gasteiger partial charge in [-0.3, -0.25) is 9.59 Å². The van der Waals surface area contributed by atoms with Crippen molar-refractivity contribution in [2.45, 2.75) is 83.9 Å². The third kappa shape index (κ3) is 5.29. The van der Waals surface area contributed by atoms with Crippen molar-refractivity contribution in [3.05, 3.63) is 23.8 Å². The number of fused-ring (bicyclic) bond motifs is 4. The Hall–Kier alpha value is -2.68. The standard InChI is InChI=1S/C24H32O9/c1-7-12(2)22(27)31-18-10-24(6)9-8-17(30-15(5)26)16(11-29-14(4)25)20(33-24)21-19(18)13(3)23(28)32-21/h7,16-21H,3,8-11H2,1-2,4-6H3. The lowest BCUT2D eigenvalue weighted by Gasteiger charge is -2.35. The van der Waals surface area contributed by atoms with Crippen molar-refractivity contribution >= 4 is 23.9 Å². The highest BCUT2D eigenvalue weighted by molar-refractivity contribution is 5.91. The van der Waals surface area contributed by atoms with E-state index in [4.69, 9.17) is 23.7 Å². The first-order valence-corrected chi connectivity index (χ1v) is 11.2. The summed E-state index contributed by atoms with van der Waals surface area (Å²) < 4.78 is 28.9. The fourth-order valence-electron chi connectivity index (χ4n) is 4.91. The van der Waals surface area contributed by atoms with Crippen LogP contribution >= 0.6 is 0 Å². The maximum Gasteiger partial charge on any atom is 0.334 e. The molecule has 33 heavy (non-hydrogen) atoms. The molecule has 9 heteroatoms. The molecule has 3 aliphatic heterocycles. The predicted molar refractivity (Wildman–Crippen MR) is 115 cm³/mol. The van der Waals surface area contributed by atoms with Gasteiger partial charge in [-0.25, -0.2) is 9.59 Å². The lowest BCUT2D eigenvalue weighted by atomic mass is 9.78. The second kappa shape index (κ2) is 9.67. The maximum absolute atomic E-state index is 12.6. The van der Waals surface area contributed by atoms with Gasteiger partial charge in [0.1, 0.15) is 31.0 Å². The Morgan fingerprint density at radius 3 is 2.42 bits per heavy atom. The Morgan fingerprint density at radius 1 is 1.12 bits per heavy atom. The van der Waals surface area contributed by atoms with Crippen LogP contribution < -0.4 is 0 Å². The molecule has 3 rings (SSSR count). The summed E-state index contributed by atoms with van der Waals surface area (Å²) in [5.74, 6) is -3.27. The molecule has 2 bridgehead atoms. The van der Waals surface area contributed by atoms with Gasteiger partial charge in [0.15, 0.2) is 0 Å². The topological polar surface area (TPSA) is 114 Å². The average molecular weight is 465 g/mol. The highest BCUT2D eigenvalue weighted by atomic mass is 16.6. The number of hydrogen-bond acceptors (Lipinski definition) is 9. The van der Waals surface area contributed by atoms with Gasteiger partial charge in [0.05, 0.1) is 17.4 Å². The minimum Gasteiger partial charge on any atom is -0.465 e. The lowest BCUT2D eigenvalue weighted by molar-refractivity contribution is -0.178. The number of rotatable bonds is 5. The molecule has 0 amide bonds. The highest BCUT2D eigenvalue weighted by Gasteiger charge is 2.59. The Labute approximate surface area is 193 Å². The number of carbonyl (C=O) groups is 4. The summed E-state index contributed by atoms with van der Waals surface area (Å²) >= 11 is 0. The molecule has 0 spiro atoms. The van der Waals surface area contributed by atoms with Gasteiger partial charge in [-0.2, -0.15) is 0 Å². The summed E-state index contributed by atoms with van der Waals surface area (Å²) in [5.41, 5.74) is -0.120. The van der Waals surface area contributed by atoms with Crippen LogP contribution in [0.4, 0.5) is 0 Å². The van der Waals surface area contributed by atoms with Gasteiger partial charge >= 0.3 is 23.9 Å².